The van der Waals surface area contributed by atoms with Crippen LogP contribution in [-0.2, 0) is 0 Å². The highest BCUT2D eigenvalue weighted by molar-refractivity contribution is 9.10. The van der Waals surface area contributed by atoms with Gasteiger partial charge in [0.2, 0.25) is 0 Å². The maximum absolute atomic E-state index is 13.4. The fourth-order valence-corrected chi connectivity index (χ4v) is 1.81. The van der Waals surface area contributed by atoms with Crippen molar-refractivity contribution in [2.75, 3.05) is 0 Å². The summed E-state index contributed by atoms with van der Waals surface area (Å²) in [5, 5.41) is 9.57. The minimum absolute atomic E-state index is 0. The van der Waals surface area contributed by atoms with Crippen molar-refractivity contribution < 1.29 is 13.9 Å². The SMILES string of the molecule is CCC[C@H](N)c1c(O)c(Br)cc(F)c1F.Cl. The lowest BCUT2D eigenvalue weighted by molar-refractivity contribution is 0.423. The molecule has 0 aliphatic carbocycles. The largest absolute Gasteiger partial charge is 0.506 e. The van der Waals surface area contributed by atoms with Crippen LogP contribution in [-0.4, -0.2) is 5.11 Å². The predicted molar refractivity (Wildman–Crippen MR) is 64.8 cm³/mol. The van der Waals surface area contributed by atoms with Gasteiger partial charge < -0.3 is 10.8 Å². The third-order valence-electron chi connectivity index (χ3n) is 2.15. The van der Waals surface area contributed by atoms with Gasteiger partial charge in [0, 0.05) is 6.04 Å². The smallest absolute Gasteiger partial charge is 0.167 e. The van der Waals surface area contributed by atoms with Crippen LogP contribution in [0.2, 0.25) is 0 Å². The van der Waals surface area contributed by atoms with E-state index in [1.54, 1.807) is 0 Å². The lowest BCUT2D eigenvalue weighted by Gasteiger charge is -2.15. The summed E-state index contributed by atoms with van der Waals surface area (Å²) in [6.45, 7) is 1.88. The predicted octanol–water partition coefficient (Wildman–Crippen LogP) is 3.65. The van der Waals surface area contributed by atoms with Gasteiger partial charge in [-0.25, -0.2) is 8.78 Å². The number of phenolic OH excluding ortho intramolecular Hbond substituents is 1. The van der Waals surface area contributed by atoms with Crippen molar-refractivity contribution in [3.63, 3.8) is 0 Å². The van der Waals surface area contributed by atoms with Crippen molar-refractivity contribution in [3.05, 3.63) is 27.7 Å². The van der Waals surface area contributed by atoms with Crippen LogP contribution in [0.1, 0.15) is 31.4 Å². The van der Waals surface area contributed by atoms with Gasteiger partial charge in [0.15, 0.2) is 11.6 Å². The molecular weight excluding hydrogens is 303 g/mol. The second kappa shape index (κ2) is 6.37. The highest BCUT2D eigenvalue weighted by Crippen LogP contribution is 2.36. The Bertz CT molecular complexity index is 350. The van der Waals surface area contributed by atoms with E-state index in [0.717, 1.165) is 12.5 Å². The molecule has 0 radical (unpaired) electrons. The van der Waals surface area contributed by atoms with E-state index in [9.17, 15) is 13.9 Å². The molecule has 0 aliphatic rings. The van der Waals surface area contributed by atoms with E-state index in [0.29, 0.717) is 6.42 Å². The molecule has 1 aromatic rings. The molecule has 3 N–H and O–H groups in total. The Morgan fingerprint density at radius 1 is 1.50 bits per heavy atom. The van der Waals surface area contributed by atoms with Gasteiger partial charge in [-0.2, -0.15) is 0 Å². The van der Waals surface area contributed by atoms with Gasteiger partial charge in [-0.1, -0.05) is 13.3 Å². The van der Waals surface area contributed by atoms with E-state index in [1.807, 2.05) is 6.92 Å². The molecule has 0 unspecified atom stereocenters. The first-order chi connectivity index (χ1) is 6.99. The normalized spacial score (nSPS) is 12.1. The average Bonchev–Trinajstić information content (AvgIpc) is 2.16. The van der Waals surface area contributed by atoms with Crippen molar-refractivity contribution in [1.82, 2.24) is 0 Å². The molecule has 92 valence electrons. The number of aromatic hydroxyl groups is 1. The van der Waals surface area contributed by atoms with Gasteiger partial charge in [-0.3, -0.25) is 0 Å². The number of halogens is 4. The fraction of sp³-hybridized carbons (Fsp3) is 0.400. The van der Waals surface area contributed by atoms with Crippen molar-refractivity contribution in [3.8, 4) is 5.75 Å². The number of phenols is 1. The number of hydrogen-bond donors (Lipinski definition) is 2. The van der Waals surface area contributed by atoms with Crippen LogP contribution in [0.3, 0.4) is 0 Å². The second-order valence-corrected chi connectivity index (χ2v) is 4.17. The summed E-state index contributed by atoms with van der Waals surface area (Å²) >= 11 is 2.94. The molecule has 16 heavy (non-hydrogen) atoms. The first kappa shape index (κ1) is 15.6. The molecule has 1 atom stereocenters. The standard InChI is InChI=1S/C10H12BrF2NO.ClH/c1-2-3-7(14)8-9(13)6(12)4-5(11)10(8)15;/h4,7,15H,2-3,14H2,1H3;1H/t7-;/m0./s1. The Labute approximate surface area is 107 Å². The third-order valence-corrected chi connectivity index (χ3v) is 2.76. The monoisotopic (exact) mass is 315 g/mol. The molecule has 0 fully saturated rings. The number of nitrogens with two attached hydrogens (primary N) is 1. The zero-order chi connectivity index (χ0) is 11.6. The van der Waals surface area contributed by atoms with Crippen LogP contribution in [0.4, 0.5) is 8.78 Å². The topological polar surface area (TPSA) is 46.2 Å². The molecule has 0 aromatic heterocycles. The molecule has 0 heterocycles. The van der Waals surface area contributed by atoms with Gasteiger partial charge in [0.25, 0.3) is 0 Å². The van der Waals surface area contributed by atoms with Crippen molar-refractivity contribution >= 4 is 28.3 Å². The number of rotatable bonds is 3. The molecule has 0 bridgehead atoms. The van der Waals surface area contributed by atoms with Gasteiger partial charge in [-0.15, -0.1) is 12.4 Å². The molecule has 2 nitrogen and oxygen atoms in total. The van der Waals surface area contributed by atoms with Crippen LogP contribution in [0.25, 0.3) is 0 Å². The Hall–Kier alpha value is -0.390. The average molecular weight is 317 g/mol. The quantitative estimate of drug-likeness (QED) is 0.836. The maximum atomic E-state index is 13.4. The minimum Gasteiger partial charge on any atom is -0.506 e. The van der Waals surface area contributed by atoms with Gasteiger partial charge in [-0.05, 0) is 28.4 Å². The van der Waals surface area contributed by atoms with Gasteiger partial charge in [0.1, 0.15) is 5.75 Å². The molecule has 0 saturated heterocycles. The van der Waals surface area contributed by atoms with Gasteiger partial charge >= 0.3 is 0 Å². The first-order valence-electron chi connectivity index (χ1n) is 4.61. The fourth-order valence-electron chi connectivity index (χ4n) is 1.40. The number of hydrogen-bond acceptors (Lipinski definition) is 2. The highest BCUT2D eigenvalue weighted by Gasteiger charge is 2.21. The Morgan fingerprint density at radius 3 is 2.56 bits per heavy atom. The number of benzene rings is 1. The van der Waals surface area contributed by atoms with E-state index in [2.05, 4.69) is 15.9 Å². The summed E-state index contributed by atoms with van der Waals surface area (Å²) in [5.41, 5.74) is 5.49. The molecule has 0 saturated carbocycles. The van der Waals surface area contributed by atoms with E-state index in [1.165, 1.54) is 0 Å². The Balaban J connectivity index is 0.00000225. The van der Waals surface area contributed by atoms with E-state index in [-0.39, 0.29) is 28.2 Å². The Morgan fingerprint density at radius 2 is 2.06 bits per heavy atom. The molecule has 0 spiro atoms. The second-order valence-electron chi connectivity index (χ2n) is 3.31. The van der Waals surface area contributed by atoms with Crippen LogP contribution >= 0.6 is 28.3 Å². The zero-order valence-electron chi connectivity index (χ0n) is 8.64. The lowest BCUT2D eigenvalue weighted by atomic mass is 10.0. The van der Waals surface area contributed by atoms with Crippen molar-refractivity contribution in [2.24, 2.45) is 5.73 Å². The van der Waals surface area contributed by atoms with E-state index >= 15 is 0 Å². The van der Waals surface area contributed by atoms with Crippen LogP contribution < -0.4 is 5.73 Å². The molecule has 1 aromatic carbocycles. The minimum atomic E-state index is -1.07. The first-order valence-corrected chi connectivity index (χ1v) is 5.40. The lowest BCUT2D eigenvalue weighted by Crippen LogP contribution is -2.13. The molecule has 6 heteroatoms. The van der Waals surface area contributed by atoms with Crippen LogP contribution in [0.5, 0.6) is 5.75 Å². The van der Waals surface area contributed by atoms with E-state index < -0.39 is 17.7 Å². The molecule has 0 amide bonds. The zero-order valence-corrected chi connectivity index (χ0v) is 11.0. The van der Waals surface area contributed by atoms with Gasteiger partial charge in [0.05, 0.1) is 10.0 Å². The van der Waals surface area contributed by atoms with Crippen LogP contribution in [0, 0.1) is 11.6 Å². The molecule has 0 aliphatic heterocycles. The summed E-state index contributed by atoms with van der Waals surface area (Å²) in [6.07, 6.45) is 1.22. The summed E-state index contributed by atoms with van der Waals surface area (Å²) < 4.78 is 26.5. The highest BCUT2D eigenvalue weighted by atomic mass is 79.9. The Kier molecular flexibility index (Phi) is 6.22. The van der Waals surface area contributed by atoms with E-state index in [4.69, 9.17) is 5.73 Å². The van der Waals surface area contributed by atoms with Crippen LogP contribution in [0.15, 0.2) is 10.5 Å². The molecule has 1 rings (SSSR count). The summed E-state index contributed by atoms with van der Waals surface area (Å²) in [5.74, 6) is -2.41. The summed E-state index contributed by atoms with van der Waals surface area (Å²) in [6, 6.07) is 0.189. The molecular formula is C10H13BrClF2NO. The van der Waals surface area contributed by atoms with Crippen molar-refractivity contribution in [1.29, 1.82) is 0 Å². The van der Waals surface area contributed by atoms with Crippen molar-refractivity contribution in [2.45, 2.75) is 25.8 Å². The summed E-state index contributed by atoms with van der Waals surface area (Å²) in [4.78, 5) is 0. The maximum Gasteiger partial charge on any atom is 0.167 e. The summed E-state index contributed by atoms with van der Waals surface area (Å²) in [7, 11) is 0. The third kappa shape index (κ3) is 3.06.